The Morgan fingerprint density at radius 1 is 1.16 bits per heavy atom. The van der Waals surface area contributed by atoms with Gasteiger partial charge in [0, 0.05) is 22.8 Å². The van der Waals surface area contributed by atoms with Crippen molar-refractivity contribution in [3.63, 3.8) is 0 Å². The smallest absolute Gasteiger partial charge is 0.122 e. The fourth-order valence-corrected chi connectivity index (χ4v) is 2.41. The molecule has 3 heteroatoms. The van der Waals surface area contributed by atoms with E-state index in [0.29, 0.717) is 11.6 Å². The summed E-state index contributed by atoms with van der Waals surface area (Å²) in [6.07, 6.45) is 0.971. The minimum atomic E-state index is 0.228. The molecule has 0 saturated heterocycles. The summed E-state index contributed by atoms with van der Waals surface area (Å²) in [5.74, 6) is 0.228. The number of aryl methyl sites for hydroxylation is 2. The lowest BCUT2D eigenvalue weighted by molar-refractivity contribution is 0.469. The molecule has 0 spiro atoms. The maximum Gasteiger partial charge on any atom is 0.122 e. The molecule has 0 aromatic heterocycles. The highest BCUT2D eigenvalue weighted by molar-refractivity contribution is 6.31. The summed E-state index contributed by atoms with van der Waals surface area (Å²) in [5.41, 5.74) is 4.33. The number of anilines is 1. The Morgan fingerprint density at radius 2 is 1.89 bits per heavy atom. The lowest BCUT2D eigenvalue weighted by Gasteiger charge is -2.15. The summed E-state index contributed by atoms with van der Waals surface area (Å²) in [6, 6.07) is 11.4. The number of phenols is 1. The third-order valence-corrected chi connectivity index (χ3v) is 3.63. The monoisotopic (exact) mass is 275 g/mol. The second kappa shape index (κ2) is 5.98. The molecule has 0 aliphatic heterocycles. The number of benzene rings is 2. The number of para-hydroxylation sites is 1. The van der Waals surface area contributed by atoms with Crippen molar-refractivity contribution in [1.29, 1.82) is 0 Å². The molecule has 2 N–H and O–H groups in total. The number of aromatic hydroxyl groups is 1. The lowest BCUT2D eigenvalue weighted by Crippen LogP contribution is -2.04. The zero-order valence-electron chi connectivity index (χ0n) is 11.2. The molecule has 100 valence electrons. The second-order valence-corrected chi connectivity index (χ2v) is 4.96. The number of nitrogens with one attached hydrogen (secondary N) is 1. The van der Waals surface area contributed by atoms with E-state index in [9.17, 15) is 5.11 Å². The third kappa shape index (κ3) is 3.02. The van der Waals surface area contributed by atoms with Crippen LogP contribution in [0.4, 0.5) is 5.69 Å². The van der Waals surface area contributed by atoms with Crippen molar-refractivity contribution in [2.24, 2.45) is 0 Å². The van der Waals surface area contributed by atoms with Crippen molar-refractivity contribution in [2.75, 3.05) is 5.32 Å². The van der Waals surface area contributed by atoms with Gasteiger partial charge in [0.05, 0.1) is 0 Å². The first-order valence-corrected chi connectivity index (χ1v) is 6.80. The molecule has 0 unspecified atom stereocenters. The summed E-state index contributed by atoms with van der Waals surface area (Å²) < 4.78 is 0. The first-order valence-electron chi connectivity index (χ1n) is 6.42. The molecule has 2 nitrogen and oxygen atoms in total. The number of halogens is 1. The molecule has 0 heterocycles. The first kappa shape index (κ1) is 13.8. The summed E-state index contributed by atoms with van der Waals surface area (Å²) in [4.78, 5) is 0. The van der Waals surface area contributed by atoms with Gasteiger partial charge in [-0.3, -0.25) is 0 Å². The Labute approximate surface area is 119 Å². The van der Waals surface area contributed by atoms with Crippen molar-refractivity contribution in [3.8, 4) is 5.75 Å². The minimum Gasteiger partial charge on any atom is -0.508 e. The van der Waals surface area contributed by atoms with E-state index in [4.69, 9.17) is 11.6 Å². The van der Waals surface area contributed by atoms with Crippen LogP contribution in [-0.4, -0.2) is 5.11 Å². The van der Waals surface area contributed by atoms with Gasteiger partial charge in [0.1, 0.15) is 5.75 Å². The predicted octanol–water partition coefficient (Wildman–Crippen LogP) is 4.53. The molecule has 0 fully saturated rings. The van der Waals surface area contributed by atoms with Gasteiger partial charge in [-0.05, 0) is 36.6 Å². The van der Waals surface area contributed by atoms with Crippen LogP contribution >= 0.6 is 11.6 Å². The van der Waals surface area contributed by atoms with Crippen LogP contribution in [0.5, 0.6) is 5.75 Å². The number of hydrogen-bond acceptors (Lipinski definition) is 2. The van der Waals surface area contributed by atoms with Gasteiger partial charge < -0.3 is 10.4 Å². The highest BCUT2D eigenvalue weighted by atomic mass is 35.5. The van der Waals surface area contributed by atoms with Crippen LogP contribution in [0.3, 0.4) is 0 Å². The Kier molecular flexibility index (Phi) is 4.33. The number of hydrogen-bond donors (Lipinski definition) is 2. The van der Waals surface area contributed by atoms with Crippen LogP contribution in [0, 0.1) is 6.92 Å². The standard InChI is InChI=1S/C16H18ClNO/c1-3-12-7-4-6-11(2)16(12)18-10-13-14(17)8-5-9-15(13)19/h4-9,18-19H,3,10H2,1-2H3. The molecular formula is C16H18ClNO. The molecule has 0 radical (unpaired) electrons. The van der Waals surface area contributed by atoms with Crippen LogP contribution < -0.4 is 5.32 Å². The Balaban J connectivity index is 2.24. The van der Waals surface area contributed by atoms with Crippen molar-refractivity contribution >= 4 is 17.3 Å². The second-order valence-electron chi connectivity index (χ2n) is 4.55. The normalized spacial score (nSPS) is 10.5. The molecule has 2 aromatic carbocycles. The quantitative estimate of drug-likeness (QED) is 0.859. The molecule has 2 rings (SSSR count). The van der Waals surface area contributed by atoms with Gasteiger partial charge in [0.25, 0.3) is 0 Å². The van der Waals surface area contributed by atoms with Gasteiger partial charge in [0.2, 0.25) is 0 Å². The van der Waals surface area contributed by atoms with Crippen LogP contribution in [0.15, 0.2) is 36.4 Å². The topological polar surface area (TPSA) is 32.3 Å². The maximum absolute atomic E-state index is 9.84. The van der Waals surface area contributed by atoms with Gasteiger partial charge in [-0.15, -0.1) is 0 Å². The molecule has 19 heavy (non-hydrogen) atoms. The summed E-state index contributed by atoms with van der Waals surface area (Å²) in [5, 5.41) is 13.8. The predicted molar refractivity (Wildman–Crippen MR) is 81.0 cm³/mol. The zero-order chi connectivity index (χ0) is 13.8. The third-order valence-electron chi connectivity index (χ3n) is 3.28. The highest BCUT2D eigenvalue weighted by Crippen LogP contribution is 2.28. The average Bonchev–Trinajstić information content (AvgIpc) is 2.39. The molecule has 0 atom stereocenters. The van der Waals surface area contributed by atoms with Gasteiger partial charge in [-0.1, -0.05) is 42.8 Å². The summed E-state index contributed by atoms with van der Waals surface area (Å²) in [7, 11) is 0. The molecule has 0 bridgehead atoms. The first-order chi connectivity index (χ1) is 9.13. The molecule has 0 amide bonds. The van der Waals surface area contributed by atoms with Crippen LogP contribution in [0.2, 0.25) is 5.02 Å². The van der Waals surface area contributed by atoms with Gasteiger partial charge >= 0.3 is 0 Å². The van der Waals surface area contributed by atoms with Gasteiger partial charge in [-0.25, -0.2) is 0 Å². The minimum absolute atomic E-state index is 0.228. The Bertz CT molecular complexity index is 561. The van der Waals surface area contributed by atoms with E-state index in [0.717, 1.165) is 17.7 Å². The van der Waals surface area contributed by atoms with E-state index in [2.05, 4.69) is 37.4 Å². The van der Waals surface area contributed by atoms with Crippen molar-refractivity contribution in [2.45, 2.75) is 26.8 Å². The van der Waals surface area contributed by atoms with Crippen LogP contribution in [-0.2, 0) is 13.0 Å². The zero-order valence-corrected chi connectivity index (χ0v) is 12.0. The molecule has 0 aliphatic carbocycles. The van der Waals surface area contributed by atoms with Crippen LogP contribution in [0.25, 0.3) is 0 Å². The Hall–Kier alpha value is -1.67. The van der Waals surface area contributed by atoms with Gasteiger partial charge in [-0.2, -0.15) is 0 Å². The molecule has 0 saturated carbocycles. The van der Waals surface area contributed by atoms with E-state index in [1.807, 2.05) is 0 Å². The van der Waals surface area contributed by atoms with Crippen molar-refractivity contribution < 1.29 is 5.11 Å². The number of phenolic OH excluding ortho intramolecular Hbond substituents is 1. The van der Waals surface area contributed by atoms with E-state index in [1.54, 1.807) is 18.2 Å². The van der Waals surface area contributed by atoms with Crippen molar-refractivity contribution in [1.82, 2.24) is 0 Å². The molecule has 0 aliphatic rings. The Morgan fingerprint density at radius 3 is 2.58 bits per heavy atom. The van der Waals surface area contributed by atoms with E-state index >= 15 is 0 Å². The fraction of sp³-hybridized carbons (Fsp3) is 0.250. The van der Waals surface area contributed by atoms with Gasteiger partial charge in [0.15, 0.2) is 0 Å². The SMILES string of the molecule is CCc1cccc(C)c1NCc1c(O)cccc1Cl. The largest absolute Gasteiger partial charge is 0.508 e. The summed E-state index contributed by atoms with van der Waals surface area (Å²) in [6.45, 7) is 4.73. The summed E-state index contributed by atoms with van der Waals surface area (Å²) >= 11 is 6.11. The fourth-order valence-electron chi connectivity index (χ4n) is 2.18. The highest BCUT2D eigenvalue weighted by Gasteiger charge is 2.08. The maximum atomic E-state index is 9.84. The average molecular weight is 276 g/mol. The van der Waals surface area contributed by atoms with E-state index < -0.39 is 0 Å². The number of rotatable bonds is 4. The van der Waals surface area contributed by atoms with Crippen molar-refractivity contribution in [3.05, 3.63) is 58.1 Å². The molecule has 2 aromatic rings. The van der Waals surface area contributed by atoms with E-state index in [-0.39, 0.29) is 5.75 Å². The van der Waals surface area contributed by atoms with Crippen LogP contribution in [0.1, 0.15) is 23.6 Å². The lowest BCUT2D eigenvalue weighted by atomic mass is 10.1. The van der Waals surface area contributed by atoms with E-state index in [1.165, 1.54) is 11.1 Å². The molecular weight excluding hydrogens is 258 g/mol.